The number of anilines is 1. The third-order valence-electron chi connectivity index (χ3n) is 1.67. The van der Waals surface area contributed by atoms with Crippen LogP contribution in [0.1, 0.15) is 12.8 Å². The molecule has 90 valence electrons. The summed E-state index contributed by atoms with van der Waals surface area (Å²) in [6, 6.07) is 1.58. The maximum atomic E-state index is 11.8. The van der Waals surface area contributed by atoms with Crippen LogP contribution in [0.2, 0.25) is 0 Å². The summed E-state index contributed by atoms with van der Waals surface area (Å²) in [4.78, 5) is 3.84. The van der Waals surface area contributed by atoms with E-state index < -0.39 is 12.6 Å². The maximum Gasteiger partial charge on any atom is 0.389 e. The summed E-state index contributed by atoms with van der Waals surface area (Å²) in [5.74, 6) is 0.247. The number of hydrogen-bond acceptors (Lipinski definition) is 3. The minimum Gasteiger partial charge on any atom is -0.477 e. The SMILES string of the molecule is Nc1cnc(OCCCC(F)(F)F)c(Br)c1. The molecule has 16 heavy (non-hydrogen) atoms. The van der Waals surface area contributed by atoms with Crippen molar-refractivity contribution in [3.63, 3.8) is 0 Å². The third-order valence-corrected chi connectivity index (χ3v) is 2.24. The summed E-state index contributed by atoms with van der Waals surface area (Å²) in [5, 5.41) is 0. The fourth-order valence-electron chi connectivity index (χ4n) is 0.988. The summed E-state index contributed by atoms with van der Waals surface area (Å²) >= 11 is 3.15. The van der Waals surface area contributed by atoms with Crippen molar-refractivity contribution < 1.29 is 17.9 Å². The first kappa shape index (κ1) is 13.1. The lowest BCUT2D eigenvalue weighted by Gasteiger charge is -2.08. The van der Waals surface area contributed by atoms with E-state index in [0.29, 0.717) is 10.2 Å². The normalized spacial score (nSPS) is 11.5. The van der Waals surface area contributed by atoms with Crippen molar-refractivity contribution in [2.45, 2.75) is 19.0 Å². The number of halogens is 4. The molecule has 0 atom stereocenters. The van der Waals surface area contributed by atoms with Gasteiger partial charge in [-0.3, -0.25) is 0 Å². The molecule has 0 saturated heterocycles. The van der Waals surface area contributed by atoms with Gasteiger partial charge in [-0.1, -0.05) is 0 Å². The first-order valence-corrected chi connectivity index (χ1v) is 5.28. The molecule has 0 aliphatic rings. The Morgan fingerprint density at radius 3 is 2.69 bits per heavy atom. The minimum atomic E-state index is -4.14. The van der Waals surface area contributed by atoms with E-state index in [9.17, 15) is 13.2 Å². The number of rotatable bonds is 4. The van der Waals surface area contributed by atoms with Gasteiger partial charge in [0.2, 0.25) is 5.88 Å². The van der Waals surface area contributed by atoms with Crippen LogP contribution in [0, 0.1) is 0 Å². The molecule has 3 nitrogen and oxygen atoms in total. The molecule has 0 bridgehead atoms. The van der Waals surface area contributed by atoms with Crippen LogP contribution in [0.4, 0.5) is 18.9 Å². The van der Waals surface area contributed by atoms with Crippen molar-refractivity contribution in [1.29, 1.82) is 0 Å². The van der Waals surface area contributed by atoms with Crippen molar-refractivity contribution >= 4 is 21.6 Å². The molecule has 1 aromatic heterocycles. The fourth-order valence-corrected chi connectivity index (χ4v) is 1.47. The molecule has 0 saturated carbocycles. The van der Waals surface area contributed by atoms with E-state index in [1.165, 1.54) is 6.20 Å². The van der Waals surface area contributed by atoms with Crippen molar-refractivity contribution in [3.05, 3.63) is 16.7 Å². The highest BCUT2D eigenvalue weighted by atomic mass is 79.9. The lowest BCUT2D eigenvalue weighted by atomic mass is 10.3. The van der Waals surface area contributed by atoms with Crippen molar-refractivity contribution in [2.24, 2.45) is 0 Å². The largest absolute Gasteiger partial charge is 0.477 e. The lowest BCUT2D eigenvalue weighted by Crippen LogP contribution is -2.10. The molecule has 0 aromatic carbocycles. The molecule has 1 rings (SSSR count). The Kier molecular flexibility index (Phi) is 4.40. The summed E-state index contributed by atoms with van der Waals surface area (Å²) in [6.07, 6.45) is -3.72. The molecular weight excluding hydrogens is 289 g/mol. The minimum absolute atomic E-state index is 0.0327. The topological polar surface area (TPSA) is 48.1 Å². The Labute approximate surface area is 98.9 Å². The van der Waals surface area contributed by atoms with Gasteiger partial charge in [-0.25, -0.2) is 4.98 Å². The second-order valence-electron chi connectivity index (χ2n) is 3.12. The summed E-state index contributed by atoms with van der Waals surface area (Å²) in [6.45, 7) is -0.0327. The molecule has 0 radical (unpaired) electrons. The first-order valence-electron chi connectivity index (χ1n) is 4.49. The van der Waals surface area contributed by atoms with Crippen molar-refractivity contribution in [1.82, 2.24) is 4.98 Å². The number of nitrogens with two attached hydrogens (primary N) is 1. The van der Waals surface area contributed by atoms with Gasteiger partial charge in [0.1, 0.15) is 0 Å². The Bertz CT molecular complexity index is 357. The Morgan fingerprint density at radius 2 is 2.12 bits per heavy atom. The average molecular weight is 299 g/mol. The van der Waals surface area contributed by atoms with Gasteiger partial charge in [-0.2, -0.15) is 13.2 Å². The highest BCUT2D eigenvalue weighted by molar-refractivity contribution is 9.10. The Hall–Kier alpha value is -0.980. The predicted molar refractivity (Wildman–Crippen MR) is 57.1 cm³/mol. The molecular formula is C9H10BrF3N2O. The number of pyridine rings is 1. The first-order chi connectivity index (χ1) is 7.38. The van der Waals surface area contributed by atoms with Crippen LogP contribution in [0.5, 0.6) is 5.88 Å². The number of aromatic nitrogens is 1. The van der Waals surface area contributed by atoms with Gasteiger partial charge < -0.3 is 10.5 Å². The maximum absolute atomic E-state index is 11.8. The van der Waals surface area contributed by atoms with Crippen LogP contribution in [-0.4, -0.2) is 17.8 Å². The zero-order valence-corrected chi connectivity index (χ0v) is 9.81. The van der Waals surface area contributed by atoms with Crippen LogP contribution in [-0.2, 0) is 0 Å². The van der Waals surface area contributed by atoms with Gasteiger partial charge in [0, 0.05) is 6.42 Å². The molecule has 0 amide bonds. The summed E-state index contributed by atoms with van der Waals surface area (Å²) in [7, 11) is 0. The zero-order valence-electron chi connectivity index (χ0n) is 8.22. The van der Waals surface area contributed by atoms with Gasteiger partial charge in [0.05, 0.1) is 23.0 Å². The van der Waals surface area contributed by atoms with Gasteiger partial charge in [0.15, 0.2) is 0 Å². The van der Waals surface area contributed by atoms with Gasteiger partial charge >= 0.3 is 6.18 Å². The van der Waals surface area contributed by atoms with Crippen LogP contribution in [0.25, 0.3) is 0 Å². The number of alkyl halides is 3. The number of nitrogen functional groups attached to an aromatic ring is 1. The van der Waals surface area contributed by atoms with Gasteiger partial charge in [-0.05, 0) is 28.4 Å². The van der Waals surface area contributed by atoms with E-state index in [0.717, 1.165) is 0 Å². The molecule has 1 aromatic rings. The summed E-state index contributed by atoms with van der Waals surface area (Å²) < 4.78 is 41.1. The number of nitrogens with zero attached hydrogens (tertiary/aromatic N) is 1. The van der Waals surface area contributed by atoms with E-state index in [2.05, 4.69) is 20.9 Å². The van der Waals surface area contributed by atoms with E-state index in [1.807, 2.05) is 0 Å². The van der Waals surface area contributed by atoms with E-state index in [1.54, 1.807) is 6.07 Å². The molecule has 1 heterocycles. The third kappa shape index (κ3) is 4.69. The Morgan fingerprint density at radius 1 is 1.44 bits per heavy atom. The highest BCUT2D eigenvalue weighted by Crippen LogP contribution is 2.25. The zero-order chi connectivity index (χ0) is 12.2. The molecule has 0 unspecified atom stereocenters. The monoisotopic (exact) mass is 298 g/mol. The highest BCUT2D eigenvalue weighted by Gasteiger charge is 2.26. The molecule has 0 fully saturated rings. The number of hydrogen-bond donors (Lipinski definition) is 1. The lowest BCUT2D eigenvalue weighted by molar-refractivity contribution is -0.136. The van der Waals surface area contributed by atoms with Crippen LogP contribution in [0.3, 0.4) is 0 Å². The van der Waals surface area contributed by atoms with Gasteiger partial charge in [0.25, 0.3) is 0 Å². The van der Waals surface area contributed by atoms with Crippen molar-refractivity contribution in [2.75, 3.05) is 12.3 Å². The van der Waals surface area contributed by atoms with Crippen LogP contribution < -0.4 is 10.5 Å². The predicted octanol–water partition coefficient (Wildman–Crippen LogP) is 3.15. The second-order valence-corrected chi connectivity index (χ2v) is 3.98. The second kappa shape index (κ2) is 5.38. The van der Waals surface area contributed by atoms with Crippen LogP contribution in [0.15, 0.2) is 16.7 Å². The smallest absolute Gasteiger partial charge is 0.389 e. The van der Waals surface area contributed by atoms with E-state index in [4.69, 9.17) is 10.5 Å². The molecule has 0 aliphatic heterocycles. The number of ether oxygens (including phenoxy) is 1. The molecule has 2 N–H and O–H groups in total. The van der Waals surface area contributed by atoms with Crippen molar-refractivity contribution in [3.8, 4) is 5.88 Å². The van der Waals surface area contributed by atoms with E-state index in [-0.39, 0.29) is 18.9 Å². The fraction of sp³-hybridized carbons (Fsp3) is 0.444. The molecule has 0 spiro atoms. The summed E-state index contributed by atoms with van der Waals surface area (Å²) in [5.41, 5.74) is 5.90. The standard InChI is InChI=1S/C9H10BrF3N2O/c10-7-4-6(14)5-15-8(7)16-3-1-2-9(11,12)13/h4-5H,1-3,14H2. The average Bonchev–Trinajstić information content (AvgIpc) is 2.13. The Balaban J connectivity index is 2.38. The van der Waals surface area contributed by atoms with Crippen LogP contribution >= 0.6 is 15.9 Å². The molecule has 7 heteroatoms. The quantitative estimate of drug-likeness (QED) is 0.869. The molecule has 0 aliphatic carbocycles. The van der Waals surface area contributed by atoms with E-state index >= 15 is 0 Å². The van der Waals surface area contributed by atoms with Gasteiger partial charge in [-0.15, -0.1) is 0 Å².